The van der Waals surface area contributed by atoms with Gasteiger partial charge in [-0.05, 0) is 25.7 Å². The normalized spacial score (nSPS) is 25.5. The van der Waals surface area contributed by atoms with Crippen molar-refractivity contribution in [1.82, 2.24) is 0 Å². The van der Waals surface area contributed by atoms with Crippen LogP contribution in [0, 0.1) is 0 Å². The summed E-state index contributed by atoms with van der Waals surface area (Å²) in [7, 11) is 0. The smallest absolute Gasteiger partial charge is 0.0728 e. The van der Waals surface area contributed by atoms with Gasteiger partial charge < -0.3 is 4.74 Å². The molecule has 0 saturated carbocycles. The Hall–Kier alpha value is 0.440. The average molecular weight is 375 g/mol. The van der Waals surface area contributed by atoms with Gasteiger partial charge in [0.2, 0.25) is 0 Å². The molecule has 132 valence electrons. The lowest BCUT2D eigenvalue weighted by atomic mass is 9.86. The van der Waals surface area contributed by atoms with Crippen molar-refractivity contribution in [3.63, 3.8) is 0 Å². The molecule has 0 aromatic rings. The van der Waals surface area contributed by atoms with Crippen LogP contribution >= 0.6 is 15.9 Å². The fourth-order valence-electron chi connectivity index (χ4n) is 3.66. The van der Waals surface area contributed by atoms with Crippen molar-refractivity contribution in [3.8, 4) is 0 Å². The van der Waals surface area contributed by atoms with E-state index in [2.05, 4.69) is 29.8 Å². The number of ether oxygens (including phenoxy) is 1. The molecular formula is C20H39BrO. The highest BCUT2D eigenvalue weighted by Gasteiger charge is 2.38. The van der Waals surface area contributed by atoms with Crippen molar-refractivity contribution in [2.24, 2.45) is 0 Å². The molecule has 1 aliphatic heterocycles. The predicted octanol–water partition coefficient (Wildman–Crippen LogP) is 7.41. The second kappa shape index (κ2) is 12.8. The first-order valence-electron chi connectivity index (χ1n) is 10.0. The number of alkyl halides is 1. The zero-order valence-corrected chi connectivity index (χ0v) is 16.8. The van der Waals surface area contributed by atoms with Gasteiger partial charge in [0, 0.05) is 6.61 Å². The van der Waals surface area contributed by atoms with Crippen molar-refractivity contribution in [2.75, 3.05) is 6.61 Å². The zero-order chi connectivity index (χ0) is 16.1. The molecule has 0 radical (unpaired) electrons. The molecule has 2 atom stereocenters. The monoisotopic (exact) mass is 374 g/mol. The van der Waals surface area contributed by atoms with Gasteiger partial charge in [0.25, 0.3) is 0 Å². The maximum Gasteiger partial charge on any atom is 0.0728 e. The summed E-state index contributed by atoms with van der Waals surface area (Å²) in [6.07, 6.45) is 20.7. The molecule has 0 aliphatic carbocycles. The van der Waals surface area contributed by atoms with Gasteiger partial charge in [-0.1, -0.05) is 100 Å². The Bertz CT molecular complexity index is 256. The van der Waals surface area contributed by atoms with Crippen LogP contribution in [-0.4, -0.2) is 17.0 Å². The van der Waals surface area contributed by atoms with Crippen LogP contribution in [0.3, 0.4) is 0 Å². The minimum absolute atomic E-state index is 0.279. The van der Waals surface area contributed by atoms with E-state index in [9.17, 15) is 0 Å². The Labute approximate surface area is 148 Å². The molecule has 1 heterocycles. The van der Waals surface area contributed by atoms with Crippen LogP contribution in [0.2, 0.25) is 0 Å². The average Bonchev–Trinajstić information content (AvgIpc) is 2.52. The molecule has 0 unspecified atom stereocenters. The molecule has 2 heteroatoms. The summed E-state index contributed by atoms with van der Waals surface area (Å²) in [6, 6.07) is 0. The van der Waals surface area contributed by atoms with Crippen LogP contribution in [0.1, 0.15) is 110 Å². The quantitative estimate of drug-likeness (QED) is 0.240. The molecule has 1 nitrogen and oxygen atoms in total. The second-order valence-corrected chi connectivity index (χ2v) is 8.80. The molecule has 1 fully saturated rings. The second-order valence-electron chi connectivity index (χ2n) is 7.22. The van der Waals surface area contributed by atoms with Gasteiger partial charge in [-0.3, -0.25) is 0 Å². The minimum atomic E-state index is 0.279. The van der Waals surface area contributed by atoms with Gasteiger partial charge in [0.1, 0.15) is 0 Å². The van der Waals surface area contributed by atoms with Crippen LogP contribution in [-0.2, 0) is 4.74 Å². The highest BCUT2D eigenvalue weighted by Crippen LogP contribution is 2.40. The Balaban J connectivity index is 2.22. The fourth-order valence-corrected chi connectivity index (χ4v) is 4.58. The summed E-state index contributed by atoms with van der Waals surface area (Å²) >= 11 is 4.10. The van der Waals surface area contributed by atoms with E-state index < -0.39 is 0 Å². The van der Waals surface area contributed by atoms with Gasteiger partial charge in [-0.15, -0.1) is 0 Å². The Morgan fingerprint density at radius 2 is 1.45 bits per heavy atom. The highest BCUT2D eigenvalue weighted by atomic mass is 79.9. The molecule has 0 aromatic carbocycles. The van der Waals surface area contributed by atoms with Crippen molar-refractivity contribution in [3.05, 3.63) is 0 Å². The number of hydrogen-bond acceptors (Lipinski definition) is 1. The van der Waals surface area contributed by atoms with Crippen LogP contribution in [0.25, 0.3) is 0 Å². The maximum atomic E-state index is 6.15. The molecule has 22 heavy (non-hydrogen) atoms. The molecule has 1 aliphatic rings. The van der Waals surface area contributed by atoms with E-state index in [0.29, 0.717) is 6.10 Å². The Kier molecular flexibility index (Phi) is 11.9. The number of unbranched alkanes of at least 4 members (excludes halogenated alkanes) is 9. The third-order valence-electron chi connectivity index (χ3n) is 5.15. The van der Waals surface area contributed by atoms with Crippen molar-refractivity contribution in [1.29, 1.82) is 0 Å². The molecule has 0 amide bonds. The van der Waals surface area contributed by atoms with Crippen molar-refractivity contribution >= 4 is 15.9 Å². The fraction of sp³-hybridized carbons (Fsp3) is 1.00. The number of rotatable bonds is 13. The SMILES string of the molecule is CCCCCCCC[C@H]1OCCC[C@]1(Br)CCCCCCC. The molecular weight excluding hydrogens is 336 g/mol. The van der Waals surface area contributed by atoms with E-state index in [1.54, 1.807) is 0 Å². The Morgan fingerprint density at radius 3 is 2.14 bits per heavy atom. The topological polar surface area (TPSA) is 9.23 Å². The van der Waals surface area contributed by atoms with Gasteiger partial charge >= 0.3 is 0 Å². The largest absolute Gasteiger partial charge is 0.377 e. The van der Waals surface area contributed by atoms with Crippen LogP contribution in [0.5, 0.6) is 0 Å². The van der Waals surface area contributed by atoms with E-state index >= 15 is 0 Å². The van der Waals surface area contributed by atoms with Gasteiger partial charge in [0.05, 0.1) is 10.4 Å². The molecule has 1 rings (SSSR count). The number of hydrogen-bond donors (Lipinski definition) is 0. The molecule has 0 spiro atoms. The summed E-state index contributed by atoms with van der Waals surface area (Å²) in [5, 5.41) is 0. The van der Waals surface area contributed by atoms with E-state index in [0.717, 1.165) is 6.61 Å². The first kappa shape index (κ1) is 20.5. The zero-order valence-electron chi connectivity index (χ0n) is 15.2. The lowest BCUT2D eigenvalue weighted by Gasteiger charge is -2.40. The summed E-state index contributed by atoms with van der Waals surface area (Å²) in [5.74, 6) is 0. The van der Waals surface area contributed by atoms with Crippen molar-refractivity contribution < 1.29 is 4.74 Å². The van der Waals surface area contributed by atoms with Crippen molar-refractivity contribution in [2.45, 2.75) is 121 Å². The third kappa shape index (κ3) is 8.34. The summed E-state index contributed by atoms with van der Waals surface area (Å²) in [5.41, 5.74) is 0. The van der Waals surface area contributed by atoms with E-state index in [1.165, 1.54) is 96.3 Å². The molecule has 1 saturated heterocycles. The lowest BCUT2D eigenvalue weighted by molar-refractivity contribution is -0.0176. The summed E-state index contributed by atoms with van der Waals surface area (Å²) in [4.78, 5) is 0. The molecule has 0 bridgehead atoms. The minimum Gasteiger partial charge on any atom is -0.377 e. The van der Waals surface area contributed by atoms with E-state index in [-0.39, 0.29) is 4.32 Å². The van der Waals surface area contributed by atoms with Gasteiger partial charge in [-0.2, -0.15) is 0 Å². The van der Waals surface area contributed by atoms with Gasteiger partial charge in [-0.25, -0.2) is 0 Å². The van der Waals surface area contributed by atoms with E-state index in [4.69, 9.17) is 4.74 Å². The highest BCUT2D eigenvalue weighted by molar-refractivity contribution is 9.10. The first-order valence-corrected chi connectivity index (χ1v) is 10.8. The maximum absolute atomic E-state index is 6.15. The molecule has 0 N–H and O–H groups in total. The molecule has 0 aromatic heterocycles. The van der Waals surface area contributed by atoms with Crippen LogP contribution < -0.4 is 0 Å². The van der Waals surface area contributed by atoms with Gasteiger partial charge in [0.15, 0.2) is 0 Å². The standard InChI is InChI=1S/C20H39BrO/c1-3-5-7-9-10-12-15-19-20(21,17-14-18-22-19)16-13-11-8-6-4-2/h19H,3-18H2,1-2H3/t19-,20-/m1/s1. The lowest BCUT2D eigenvalue weighted by Crippen LogP contribution is -2.42. The van der Waals surface area contributed by atoms with Crippen LogP contribution in [0.4, 0.5) is 0 Å². The summed E-state index contributed by atoms with van der Waals surface area (Å²) in [6.45, 7) is 5.55. The van der Waals surface area contributed by atoms with E-state index in [1.807, 2.05) is 0 Å². The predicted molar refractivity (Wildman–Crippen MR) is 102 cm³/mol. The first-order chi connectivity index (χ1) is 10.7. The Morgan fingerprint density at radius 1 is 0.864 bits per heavy atom. The summed E-state index contributed by atoms with van der Waals surface area (Å²) < 4.78 is 6.43. The third-order valence-corrected chi connectivity index (χ3v) is 6.45. The number of halogens is 1. The van der Waals surface area contributed by atoms with Crippen LogP contribution in [0.15, 0.2) is 0 Å².